The Labute approximate surface area is 172 Å². The van der Waals surface area contributed by atoms with Crippen LogP contribution in [0.25, 0.3) is 0 Å². The molecule has 2 aromatic carbocycles. The van der Waals surface area contributed by atoms with Gasteiger partial charge in [-0.05, 0) is 46.4 Å². The molecule has 0 fully saturated rings. The summed E-state index contributed by atoms with van der Waals surface area (Å²) in [5, 5.41) is 11.7. The van der Waals surface area contributed by atoms with E-state index in [1.165, 1.54) is 40.5 Å². The fraction of sp³-hybridized carbons (Fsp3) is 0.261. The Bertz CT molecular complexity index is 1060. The van der Waals surface area contributed by atoms with Gasteiger partial charge in [0, 0.05) is 25.5 Å². The van der Waals surface area contributed by atoms with E-state index in [0.29, 0.717) is 5.56 Å². The number of pyridine rings is 1. The second kappa shape index (κ2) is 8.35. The average Bonchev–Trinajstić information content (AvgIpc) is 2.68. The lowest BCUT2D eigenvalue weighted by Gasteiger charge is -2.23. The van der Waals surface area contributed by atoms with Gasteiger partial charge in [-0.1, -0.05) is 57.2 Å². The summed E-state index contributed by atoms with van der Waals surface area (Å²) in [6, 6.07) is 17.4. The molecule has 0 atom stereocenters. The van der Waals surface area contributed by atoms with Crippen LogP contribution in [-0.2, 0) is 33.6 Å². The largest absolute Gasteiger partial charge is 0.290 e. The van der Waals surface area contributed by atoms with Crippen molar-refractivity contribution in [2.45, 2.75) is 44.2 Å². The molecule has 1 radical (unpaired) electrons. The van der Waals surface area contributed by atoms with Crippen LogP contribution in [0.2, 0.25) is 0 Å². The molecule has 1 aromatic heterocycles. The van der Waals surface area contributed by atoms with Crippen molar-refractivity contribution in [1.82, 2.24) is 9.29 Å². The Morgan fingerprint density at radius 1 is 0.897 bits per heavy atom. The van der Waals surface area contributed by atoms with E-state index >= 15 is 0 Å². The van der Waals surface area contributed by atoms with Crippen molar-refractivity contribution < 1.29 is 13.5 Å². The molecular formula is C23H25N2O3S. The van der Waals surface area contributed by atoms with Crippen molar-refractivity contribution >= 4 is 10.0 Å². The minimum absolute atomic E-state index is 0.0224. The topological polar surface area (TPSA) is 70.2 Å². The van der Waals surface area contributed by atoms with Crippen LogP contribution in [0.1, 0.15) is 37.5 Å². The summed E-state index contributed by atoms with van der Waals surface area (Å²) in [5.41, 5.74) is 2.73. The number of benzene rings is 2. The molecule has 6 heteroatoms. The van der Waals surface area contributed by atoms with E-state index in [0.717, 1.165) is 5.56 Å². The minimum atomic E-state index is -3.78. The summed E-state index contributed by atoms with van der Waals surface area (Å²) < 4.78 is 27.9. The highest BCUT2D eigenvalue weighted by Crippen LogP contribution is 2.25. The zero-order valence-corrected chi connectivity index (χ0v) is 17.7. The molecule has 29 heavy (non-hydrogen) atoms. The number of rotatable bonds is 6. The lowest BCUT2D eigenvalue weighted by atomic mass is 9.87. The fourth-order valence-electron chi connectivity index (χ4n) is 3.04. The van der Waals surface area contributed by atoms with E-state index < -0.39 is 10.0 Å². The molecule has 151 valence electrons. The highest BCUT2D eigenvalue weighted by molar-refractivity contribution is 7.89. The predicted octanol–water partition coefficient (Wildman–Crippen LogP) is 4.91. The maximum Gasteiger partial charge on any atom is 0.245 e. The smallest absolute Gasteiger partial charge is 0.245 e. The van der Waals surface area contributed by atoms with E-state index in [1.54, 1.807) is 18.2 Å². The first-order chi connectivity index (χ1) is 13.7. The number of aromatic nitrogens is 1. The molecule has 0 aliphatic carbocycles. The van der Waals surface area contributed by atoms with Crippen LogP contribution in [0.5, 0.6) is 5.75 Å². The highest BCUT2D eigenvalue weighted by Gasteiger charge is 2.25. The molecule has 0 N–H and O–H groups in total. The zero-order valence-electron chi connectivity index (χ0n) is 16.9. The molecule has 0 saturated carbocycles. The van der Waals surface area contributed by atoms with Gasteiger partial charge in [0.15, 0.2) is 5.75 Å². The van der Waals surface area contributed by atoms with E-state index in [-0.39, 0.29) is 29.1 Å². The van der Waals surface area contributed by atoms with E-state index in [9.17, 15) is 13.5 Å². The van der Waals surface area contributed by atoms with Gasteiger partial charge in [-0.2, -0.15) is 4.31 Å². The Balaban J connectivity index is 1.94. The molecule has 3 aromatic rings. The number of nitrogens with zero attached hydrogens (tertiary/aromatic N) is 2. The van der Waals surface area contributed by atoms with Gasteiger partial charge in [-0.3, -0.25) is 10.1 Å². The van der Waals surface area contributed by atoms with Crippen LogP contribution in [0.4, 0.5) is 0 Å². The average molecular weight is 410 g/mol. The Morgan fingerprint density at radius 2 is 1.59 bits per heavy atom. The lowest BCUT2D eigenvalue weighted by Crippen LogP contribution is -2.30. The zero-order chi connectivity index (χ0) is 21.1. The summed E-state index contributed by atoms with van der Waals surface area (Å²) in [6.07, 6.45) is 2.88. The maximum atomic E-state index is 13.3. The minimum Gasteiger partial charge on any atom is -0.290 e. The number of hydrogen-bond acceptors (Lipinski definition) is 3. The standard InChI is InChI=1S/C23H25N2O3S/c1-23(2,3)20-11-9-18(10-12-20)16-25(17-19-6-4-7-21(26)14-19)29(27,28)22-8-5-13-24-15-22/h4-15H,16-17H2,1-3H3. The highest BCUT2D eigenvalue weighted by atomic mass is 32.2. The summed E-state index contributed by atoms with van der Waals surface area (Å²) in [6.45, 7) is 6.71. The normalized spacial score (nSPS) is 12.3. The van der Waals surface area contributed by atoms with Crippen molar-refractivity contribution in [3.05, 3.63) is 89.7 Å². The summed E-state index contributed by atoms with van der Waals surface area (Å²) in [7, 11) is -3.78. The van der Waals surface area contributed by atoms with Crippen molar-refractivity contribution in [3.8, 4) is 5.75 Å². The van der Waals surface area contributed by atoms with Crippen LogP contribution in [0.15, 0.2) is 78.0 Å². The van der Waals surface area contributed by atoms with Crippen LogP contribution < -0.4 is 0 Å². The molecule has 0 bridgehead atoms. The Hall–Kier alpha value is -2.70. The molecule has 0 aliphatic rings. The molecule has 3 rings (SSSR count). The third kappa shape index (κ3) is 5.22. The van der Waals surface area contributed by atoms with Gasteiger partial charge >= 0.3 is 0 Å². The maximum absolute atomic E-state index is 13.3. The van der Waals surface area contributed by atoms with Crippen molar-refractivity contribution in [2.75, 3.05) is 0 Å². The van der Waals surface area contributed by atoms with Crippen LogP contribution >= 0.6 is 0 Å². The van der Waals surface area contributed by atoms with Crippen molar-refractivity contribution in [3.63, 3.8) is 0 Å². The first kappa shape index (κ1) is 21.0. The van der Waals surface area contributed by atoms with Gasteiger partial charge in [0.2, 0.25) is 10.0 Å². The molecule has 1 heterocycles. The quantitative estimate of drug-likeness (QED) is 0.580. The van der Waals surface area contributed by atoms with Gasteiger partial charge in [-0.15, -0.1) is 0 Å². The lowest BCUT2D eigenvalue weighted by molar-refractivity contribution is 0.352. The third-order valence-electron chi connectivity index (χ3n) is 4.71. The van der Waals surface area contributed by atoms with Gasteiger partial charge in [0.25, 0.3) is 0 Å². The molecule has 0 spiro atoms. The predicted molar refractivity (Wildman–Crippen MR) is 112 cm³/mol. The number of hydrogen-bond donors (Lipinski definition) is 0. The van der Waals surface area contributed by atoms with Gasteiger partial charge in [-0.25, -0.2) is 8.42 Å². The fourth-order valence-corrected chi connectivity index (χ4v) is 4.42. The molecule has 0 aliphatic heterocycles. The van der Waals surface area contributed by atoms with Gasteiger partial charge in [0.05, 0.1) is 0 Å². The van der Waals surface area contributed by atoms with Crippen molar-refractivity contribution in [1.29, 1.82) is 0 Å². The summed E-state index contributed by atoms with van der Waals surface area (Å²) >= 11 is 0. The van der Waals surface area contributed by atoms with Crippen LogP contribution in [0, 0.1) is 0 Å². The van der Waals surface area contributed by atoms with E-state index in [4.69, 9.17) is 0 Å². The van der Waals surface area contributed by atoms with Gasteiger partial charge in [0.1, 0.15) is 4.90 Å². The monoisotopic (exact) mass is 409 g/mol. The van der Waals surface area contributed by atoms with E-state index in [2.05, 4.69) is 25.8 Å². The second-order valence-corrected chi connectivity index (χ2v) is 9.99. The second-order valence-electron chi connectivity index (χ2n) is 8.06. The molecular weight excluding hydrogens is 384 g/mol. The third-order valence-corrected chi connectivity index (χ3v) is 6.48. The number of sulfonamides is 1. The molecule has 5 nitrogen and oxygen atoms in total. The molecule has 0 amide bonds. The first-order valence-corrected chi connectivity index (χ1v) is 10.9. The van der Waals surface area contributed by atoms with E-state index in [1.807, 2.05) is 24.3 Å². The molecule has 0 saturated heterocycles. The summed E-state index contributed by atoms with van der Waals surface area (Å²) in [4.78, 5) is 4.07. The molecule has 0 unspecified atom stereocenters. The Kier molecular flexibility index (Phi) is 6.05. The van der Waals surface area contributed by atoms with Crippen molar-refractivity contribution in [2.24, 2.45) is 0 Å². The van der Waals surface area contributed by atoms with Gasteiger partial charge < -0.3 is 0 Å². The first-order valence-electron chi connectivity index (χ1n) is 9.42. The van der Waals surface area contributed by atoms with Crippen LogP contribution in [0.3, 0.4) is 0 Å². The SMILES string of the molecule is CC(C)(C)c1ccc(CN(Cc2cccc([O])c2)S(=O)(=O)c2cccnc2)cc1. The Morgan fingerprint density at radius 3 is 2.17 bits per heavy atom. The summed E-state index contributed by atoms with van der Waals surface area (Å²) in [5.74, 6) is -0.143. The van der Waals surface area contributed by atoms with Crippen LogP contribution in [-0.4, -0.2) is 17.7 Å².